The quantitative estimate of drug-likeness (QED) is 0.413. The van der Waals surface area contributed by atoms with E-state index in [1.807, 2.05) is 0 Å². The first-order valence-corrected chi connectivity index (χ1v) is 8.59. The van der Waals surface area contributed by atoms with Crippen molar-refractivity contribution in [1.82, 2.24) is 9.78 Å². The molecule has 0 radical (unpaired) electrons. The number of halogens is 3. The Balaban J connectivity index is 2.69. The van der Waals surface area contributed by atoms with Crippen LogP contribution in [0.5, 0.6) is 0 Å². The highest BCUT2D eigenvalue weighted by Crippen LogP contribution is 2.27. The molecule has 1 aromatic carbocycles. The number of nitrogens with zero attached hydrogens (tertiary/aromatic N) is 2. The molecule has 0 amide bonds. The number of hydrogen-bond donors (Lipinski definition) is 0. The van der Waals surface area contributed by atoms with E-state index < -0.39 is 5.97 Å². The van der Waals surface area contributed by atoms with E-state index in [-0.39, 0.29) is 29.0 Å². The van der Waals surface area contributed by atoms with E-state index in [2.05, 4.69) is 21.0 Å². The van der Waals surface area contributed by atoms with Gasteiger partial charge in [-0.05, 0) is 32.0 Å². The number of rotatable bonds is 5. The summed E-state index contributed by atoms with van der Waals surface area (Å²) < 4.78 is 6.41. The molecule has 0 bridgehead atoms. The Kier molecular flexibility index (Phi) is 5.84. The summed E-state index contributed by atoms with van der Waals surface area (Å²) >= 11 is 15.3. The number of alkyl halides is 1. The molecule has 0 aliphatic carbocycles. The number of carbonyl (C=O) groups is 2. The zero-order valence-electron chi connectivity index (χ0n) is 12.4. The maximum absolute atomic E-state index is 12.2. The van der Waals surface area contributed by atoms with Crippen molar-refractivity contribution < 1.29 is 14.3 Å². The molecule has 23 heavy (non-hydrogen) atoms. The lowest BCUT2D eigenvalue weighted by atomic mass is 10.1. The third kappa shape index (κ3) is 3.59. The molecule has 5 nitrogen and oxygen atoms in total. The van der Waals surface area contributed by atoms with Crippen LogP contribution >= 0.6 is 39.1 Å². The van der Waals surface area contributed by atoms with Gasteiger partial charge in [-0.2, -0.15) is 5.10 Å². The van der Waals surface area contributed by atoms with Crippen molar-refractivity contribution in [2.24, 2.45) is 0 Å². The number of ether oxygens (including phenoxy) is 1. The van der Waals surface area contributed by atoms with Gasteiger partial charge in [0.25, 0.3) is 0 Å². The third-order valence-corrected chi connectivity index (χ3v) is 4.19. The van der Waals surface area contributed by atoms with Gasteiger partial charge in [-0.3, -0.25) is 4.79 Å². The summed E-state index contributed by atoms with van der Waals surface area (Å²) in [5.41, 5.74) is 1.14. The van der Waals surface area contributed by atoms with Gasteiger partial charge in [-0.1, -0.05) is 39.1 Å². The van der Waals surface area contributed by atoms with Crippen molar-refractivity contribution in [3.8, 4) is 5.69 Å². The smallest absolute Gasteiger partial charge is 0.359 e. The van der Waals surface area contributed by atoms with E-state index in [9.17, 15) is 9.59 Å². The fourth-order valence-corrected chi connectivity index (χ4v) is 2.77. The van der Waals surface area contributed by atoms with Crippen LogP contribution in [0.25, 0.3) is 5.69 Å². The first-order valence-electron chi connectivity index (χ1n) is 6.72. The largest absolute Gasteiger partial charge is 0.461 e. The number of aromatic nitrogens is 2. The predicted octanol–water partition coefficient (Wildman–Crippen LogP) is 4.24. The van der Waals surface area contributed by atoms with Crippen molar-refractivity contribution in [2.45, 2.75) is 13.8 Å². The van der Waals surface area contributed by atoms with Gasteiger partial charge in [-0.15, -0.1) is 0 Å². The number of hydrogen-bond acceptors (Lipinski definition) is 4. The predicted molar refractivity (Wildman–Crippen MR) is 92.4 cm³/mol. The van der Waals surface area contributed by atoms with E-state index in [4.69, 9.17) is 27.9 Å². The number of Topliss-reactive ketones (excluding diaryl/α,β-unsaturated/α-hetero) is 1. The third-order valence-electron chi connectivity index (χ3n) is 3.12. The van der Waals surface area contributed by atoms with E-state index in [0.717, 1.165) is 0 Å². The molecule has 0 unspecified atom stereocenters. The van der Waals surface area contributed by atoms with Crippen molar-refractivity contribution in [3.63, 3.8) is 0 Å². The minimum Gasteiger partial charge on any atom is -0.461 e. The Labute approximate surface area is 151 Å². The molecule has 0 fully saturated rings. The Morgan fingerprint density at radius 3 is 2.65 bits per heavy atom. The number of esters is 1. The highest BCUT2D eigenvalue weighted by molar-refractivity contribution is 9.09. The molecule has 0 spiro atoms. The average molecular weight is 420 g/mol. The Bertz CT molecular complexity index is 774. The first-order chi connectivity index (χ1) is 10.9. The van der Waals surface area contributed by atoms with Gasteiger partial charge in [0, 0.05) is 5.02 Å². The van der Waals surface area contributed by atoms with Gasteiger partial charge in [0.05, 0.1) is 33.9 Å². The van der Waals surface area contributed by atoms with Gasteiger partial charge in [-0.25, -0.2) is 9.48 Å². The molecule has 0 aliphatic rings. The second kappa shape index (κ2) is 7.47. The van der Waals surface area contributed by atoms with Gasteiger partial charge in [0.1, 0.15) is 0 Å². The Morgan fingerprint density at radius 2 is 2.04 bits per heavy atom. The zero-order valence-corrected chi connectivity index (χ0v) is 15.5. The van der Waals surface area contributed by atoms with Gasteiger partial charge in [0.15, 0.2) is 11.5 Å². The molecule has 1 aromatic heterocycles. The van der Waals surface area contributed by atoms with Gasteiger partial charge in [0.2, 0.25) is 0 Å². The number of ketones is 1. The number of benzene rings is 1. The molecular weight excluding hydrogens is 407 g/mol. The van der Waals surface area contributed by atoms with Crippen molar-refractivity contribution in [3.05, 3.63) is 45.2 Å². The van der Waals surface area contributed by atoms with Crippen LogP contribution in [0.2, 0.25) is 10.0 Å². The zero-order chi connectivity index (χ0) is 17.1. The van der Waals surface area contributed by atoms with Crippen LogP contribution in [-0.4, -0.2) is 33.5 Å². The summed E-state index contributed by atoms with van der Waals surface area (Å²) in [5, 5.41) is 5.15. The summed E-state index contributed by atoms with van der Waals surface area (Å²) in [4.78, 5) is 24.3. The van der Waals surface area contributed by atoms with Gasteiger partial charge >= 0.3 is 5.97 Å². The van der Waals surface area contributed by atoms with Crippen LogP contribution in [-0.2, 0) is 4.74 Å². The van der Waals surface area contributed by atoms with E-state index in [1.165, 1.54) is 4.68 Å². The molecule has 0 atom stereocenters. The van der Waals surface area contributed by atoms with Crippen LogP contribution in [0.1, 0.15) is 33.5 Å². The van der Waals surface area contributed by atoms with Gasteiger partial charge < -0.3 is 4.74 Å². The molecule has 0 saturated heterocycles. The van der Waals surface area contributed by atoms with Crippen molar-refractivity contribution in [1.29, 1.82) is 0 Å². The highest BCUT2D eigenvalue weighted by Gasteiger charge is 2.27. The molecule has 2 rings (SSSR count). The Morgan fingerprint density at radius 1 is 1.35 bits per heavy atom. The molecule has 0 N–H and O–H groups in total. The molecule has 1 heterocycles. The summed E-state index contributed by atoms with van der Waals surface area (Å²) in [6.07, 6.45) is 0. The lowest BCUT2D eigenvalue weighted by Gasteiger charge is -2.07. The molecule has 2 aromatic rings. The summed E-state index contributed by atoms with van der Waals surface area (Å²) in [6, 6.07) is 4.88. The summed E-state index contributed by atoms with van der Waals surface area (Å²) in [7, 11) is 0. The fraction of sp³-hybridized carbons (Fsp3) is 0.267. The number of carbonyl (C=O) groups excluding carboxylic acids is 2. The molecule has 0 aliphatic heterocycles. The van der Waals surface area contributed by atoms with E-state index >= 15 is 0 Å². The minimum atomic E-state index is -0.656. The SMILES string of the molecule is CCOC(=O)c1nn(-c2cc(Cl)ccc2Cl)c(C)c1C(=O)CBr. The van der Waals surface area contributed by atoms with E-state index in [1.54, 1.807) is 32.0 Å². The summed E-state index contributed by atoms with van der Waals surface area (Å²) in [5.74, 6) is -0.924. The lowest BCUT2D eigenvalue weighted by molar-refractivity contribution is 0.0516. The second-order valence-electron chi connectivity index (χ2n) is 4.59. The first kappa shape index (κ1) is 18.0. The van der Waals surface area contributed by atoms with Crippen LogP contribution in [0.15, 0.2) is 18.2 Å². The van der Waals surface area contributed by atoms with Crippen LogP contribution in [0, 0.1) is 6.92 Å². The second-order valence-corrected chi connectivity index (χ2v) is 6.00. The van der Waals surface area contributed by atoms with Crippen molar-refractivity contribution in [2.75, 3.05) is 11.9 Å². The van der Waals surface area contributed by atoms with Crippen LogP contribution < -0.4 is 0 Å². The molecule has 8 heteroatoms. The maximum Gasteiger partial charge on any atom is 0.359 e. The fourth-order valence-electron chi connectivity index (χ4n) is 2.13. The highest BCUT2D eigenvalue weighted by atomic mass is 79.9. The van der Waals surface area contributed by atoms with Crippen molar-refractivity contribution >= 4 is 50.9 Å². The lowest BCUT2D eigenvalue weighted by Crippen LogP contribution is -2.12. The minimum absolute atomic E-state index is 0.0372. The topological polar surface area (TPSA) is 61.2 Å². The normalized spacial score (nSPS) is 10.7. The standard InChI is InChI=1S/C15H13BrCl2N2O3/c1-3-23-15(22)14-13(12(21)7-16)8(2)20(19-14)11-6-9(17)4-5-10(11)18/h4-6H,3,7H2,1-2H3. The molecular formula is C15H13BrCl2N2O3. The van der Waals surface area contributed by atoms with E-state index in [0.29, 0.717) is 21.4 Å². The maximum atomic E-state index is 12.2. The Hall–Kier alpha value is -1.37. The molecule has 122 valence electrons. The monoisotopic (exact) mass is 418 g/mol. The molecule has 0 saturated carbocycles. The van der Waals surface area contributed by atoms with Crippen LogP contribution in [0.4, 0.5) is 0 Å². The average Bonchev–Trinajstić information content (AvgIpc) is 2.86. The summed E-state index contributed by atoms with van der Waals surface area (Å²) in [6.45, 7) is 3.55. The van der Waals surface area contributed by atoms with Crippen LogP contribution in [0.3, 0.4) is 0 Å².